The fraction of sp³-hybridized carbons (Fsp3) is 0.412. The number of aryl methyl sites for hydroxylation is 1. The van der Waals surface area contributed by atoms with Crippen LogP contribution in [-0.2, 0) is 13.0 Å². The predicted molar refractivity (Wildman–Crippen MR) is 84.5 cm³/mol. The van der Waals surface area contributed by atoms with Crippen molar-refractivity contribution >= 4 is 0 Å². The minimum Gasteiger partial charge on any atom is -0.437 e. The highest BCUT2D eigenvalue weighted by Crippen LogP contribution is 2.23. The molecule has 0 saturated carbocycles. The van der Waals surface area contributed by atoms with Crippen LogP contribution in [0.1, 0.15) is 32.0 Å². The molecular weight excluding hydrogens is 262 g/mol. The Balaban J connectivity index is 1.96. The summed E-state index contributed by atoms with van der Waals surface area (Å²) in [6.07, 6.45) is 0.931. The third-order valence-electron chi connectivity index (χ3n) is 3.12. The molecule has 112 valence electrons. The summed E-state index contributed by atoms with van der Waals surface area (Å²) in [7, 11) is 0. The van der Waals surface area contributed by atoms with Crippen molar-refractivity contribution in [3.8, 4) is 11.6 Å². The summed E-state index contributed by atoms with van der Waals surface area (Å²) in [6, 6.07) is 11.8. The molecule has 1 heterocycles. The highest BCUT2D eigenvalue weighted by molar-refractivity contribution is 5.35. The molecule has 0 radical (unpaired) electrons. The van der Waals surface area contributed by atoms with E-state index in [9.17, 15) is 0 Å². The van der Waals surface area contributed by atoms with Gasteiger partial charge in [-0.15, -0.1) is 5.10 Å². The molecule has 0 spiro atoms. The van der Waals surface area contributed by atoms with Crippen LogP contribution in [0.25, 0.3) is 0 Å². The molecule has 1 aromatic carbocycles. The van der Waals surface area contributed by atoms with Crippen molar-refractivity contribution in [2.45, 2.75) is 33.7 Å². The zero-order valence-corrected chi connectivity index (χ0v) is 13.0. The van der Waals surface area contributed by atoms with E-state index >= 15 is 0 Å². The molecule has 0 aliphatic rings. The summed E-state index contributed by atoms with van der Waals surface area (Å²) in [4.78, 5) is 0. The first-order valence-electron chi connectivity index (χ1n) is 7.48. The maximum atomic E-state index is 5.80. The fourth-order valence-electron chi connectivity index (χ4n) is 1.99. The third kappa shape index (κ3) is 4.83. The zero-order chi connectivity index (χ0) is 15.1. The summed E-state index contributed by atoms with van der Waals surface area (Å²) in [5, 5.41) is 11.7. The fourth-order valence-corrected chi connectivity index (χ4v) is 1.99. The number of nitrogens with one attached hydrogen (secondary N) is 1. The molecule has 4 nitrogen and oxygen atoms in total. The first-order valence-corrected chi connectivity index (χ1v) is 7.48. The molecule has 0 aliphatic carbocycles. The van der Waals surface area contributed by atoms with E-state index in [1.54, 1.807) is 0 Å². The Labute approximate surface area is 126 Å². The van der Waals surface area contributed by atoms with Crippen LogP contribution >= 0.6 is 0 Å². The molecule has 2 aromatic rings. The van der Waals surface area contributed by atoms with Gasteiger partial charge in [-0.25, -0.2) is 0 Å². The number of aromatic nitrogens is 2. The lowest BCUT2D eigenvalue weighted by atomic mass is 10.1. The molecule has 1 aromatic heterocycles. The van der Waals surface area contributed by atoms with Gasteiger partial charge in [0.25, 0.3) is 0 Å². The Morgan fingerprint density at radius 3 is 2.57 bits per heavy atom. The Kier molecular flexibility index (Phi) is 5.69. The number of ether oxygens (including phenoxy) is 1. The third-order valence-corrected chi connectivity index (χ3v) is 3.12. The van der Waals surface area contributed by atoms with Gasteiger partial charge >= 0.3 is 0 Å². The van der Waals surface area contributed by atoms with Crippen molar-refractivity contribution in [2.24, 2.45) is 5.92 Å². The van der Waals surface area contributed by atoms with Gasteiger partial charge in [0.05, 0.1) is 5.69 Å². The van der Waals surface area contributed by atoms with E-state index < -0.39 is 0 Å². The molecule has 0 fully saturated rings. The molecular formula is C17H23N3O. The van der Waals surface area contributed by atoms with Gasteiger partial charge < -0.3 is 10.1 Å². The van der Waals surface area contributed by atoms with E-state index in [-0.39, 0.29) is 0 Å². The number of nitrogens with zero attached hydrogens (tertiary/aromatic N) is 2. The van der Waals surface area contributed by atoms with Crippen LogP contribution in [0.5, 0.6) is 11.6 Å². The average Bonchev–Trinajstić information content (AvgIpc) is 2.49. The Morgan fingerprint density at radius 1 is 1.10 bits per heavy atom. The van der Waals surface area contributed by atoms with E-state index in [0.29, 0.717) is 11.8 Å². The smallest absolute Gasteiger partial charge is 0.238 e. The molecule has 0 saturated heterocycles. The molecule has 1 N–H and O–H groups in total. The van der Waals surface area contributed by atoms with E-state index in [4.69, 9.17) is 4.74 Å². The van der Waals surface area contributed by atoms with Gasteiger partial charge in [0.15, 0.2) is 0 Å². The number of benzene rings is 1. The lowest BCUT2D eigenvalue weighted by Crippen LogP contribution is -2.19. The van der Waals surface area contributed by atoms with Gasteiger partial charge in [0.2, 0.25) is 5.88 Å². The van der Waals surface area contributed by atoms with Gasteiger partial charge in [0.1, 0.15) is 5.75 Å². The number of para-hydroxylation sites is 1. The molecule has 4 heteroatoms. The SMILES string of the molecule is CCc1ccccc1Oc1ccc(CNCC(C)C)nn1. The number of hydrogen-bond acceptors (Lipinski definition) is 4. The van der Waals surface area contributed by atoms with Crippen molar-refractivity contribution in [3.63, 3.8) is 0 Å². The minimum absolute atomic E-state index is 0.531. The standard InChI is InChI=1S/C17H23N3O/c1-4-14-7-5-6-8-16(14)21-17-10-9-15(19-20-17)12-18-11-13(2)3/h5-10,13,18H,4,11-12H2,1-3H3. The van der Waals surface area contributed by atoms with Crippen molar-refractivity contribution < 1.29 is 4.74 Å². The monoisotopic (exact) mass is 285 g/mol. The first kappa shape index (κ1) is 15.4. The molecule has 0 aliphatic heterocycles. The van der Waals surface area contributed by atoms with Gasteiger partial charge in [-0.05, 0) is 36.6 Å². The Hall–Kier alpha value is -1.94. The minimum atomic E-state index is 0.531. The van der Waals surface area contributed by atoms with Gasteiger partial charge in [-0.1, -0.05) is 39.0 Å². The maximum absolute atomic E-state index is 5.80. The summed E-state index contributed by atoms with van der Waals surface area (Å²) in [5.41, 5.74) is 2.09. The van der Waals surface area contributed by atoms with Crippen LogP contribution in [0.2, 0.25) is 0 Å². The number of rotatable bonds is 7. The Morgan fingerprint density at radius 2 is 1.90 bits per heavy atom. The molecule has 21 heavy (non-hydrogen) atoms. The summed E-state index contributed by atoms with van der Waals surface area (Å²) in [6.45, 7) is 8.18. The van der Waals surface area contributed by atoms with E-state index in [1.807, 2.05) is 30.3 Å². The molecule has 0 unspecified atom stereocenters. The predicted octanol–water partition coefficient (Wildman–Crippen LogP) is 3.58. The highest BCUT2D eigenvalue weighted by Gasteiger charge is 2.04. The molecule has 0 bridgehead atoms. The summed E-state index contributed by atoms with van der Waals surface area (Å²) >= 11 is 0. The van der Waals surface area contributed by atoms with Crippen LogP contribution in [0.4, 0.5) is 0 Å². The van der Waals surface area contributed by atoms with Gasteiger partial charge in [-0.3, -0.25) is 0 Å². The van der Waals surface area contributed by atoms with E-state index in [1.165, 1.54) is 5.56 Å². The largest absolute Gasteiger partial charge is 0.437 e. The highest BCUT2D eigenvalue weighted by atomic mass is 16.5. The second-order valence-electron chi connectivity index (χ2n) is 5.45. The van der Waals surface area contributed by atoms with E-state index in [0.717, 1.165) is 31.0 Å². The lowest BCUT2D eigenvalue weighted by molar-refractivity contribution is 0.447. The topological polar surface area (TPSA) is 47.0 Å². The van der Waals surface area contributed by atoms with Crippen LogP contribution in [0, 0.1) is 5.92 Å². The maximum Gasteiger partial charge on any atom is 0.238 e. The van der Waals surface area contributed by atoms with Gasteiger partial charge in [0, 0.05) is 12.6 Å². The van der Waals surface area contributed by atoms with Crippen molar-refractivity contribution in [1.29, 1.82) is 0 Å². The van der Waals surface area contributed by atoms with Crippen LogP contribution in [-0.4, -0.2) is 16.7 Å². The summed E-state index contributed by atoms with van der Waals surface area (Å²) < 4.78 is 5.80. The second-order valence-corrected chi connectivity index (χ2v) is 5.45. The quantitative estimate of drug-likeness (QED) is 0.844. The van der Waals surface area contributed by atoms with Crippen LogP contribution < -0.4 is 10.1 Å². The molecule has 0 amide bonds. The Bertz CT molecular complexity index is 552. The average molecular weight is 285 g/mol. The van der Waals surface area contributed by atoms with Gasteiger partial charge in [-0.2, -0.15) is 5.10 Å². The first-order chi connectivity index (χ1) is 10.2. The van der Waals surface area contributed by atoms with E-state index in [2.05, 4.69) is 42.4 Å². The van der Waals surface area contributed by atoms with Crippen molar-refractivity contribution in [1.82, 2.24) is 15.5 Å². The molecule has 0 atom stereocenters. The van der Waals surface area contributed by atoms with Crippen molar-refractivity contribution in [3.05, 3.63) is 47.7 Å². The molecule has 2 rings (SSSR count). The summed E-state index contributed by atoms with van der Waals surface area (Å²) in [5.74, 6) is 2.01. The van der Waals surface area contributed by atoms with Crippen LogP contribution in [0.3, 0.4) is 0 Å². The van der Waals surface area contributed by atoms with Crippen molar-refractivity contribution in [2.75, 3.05) is 6.54 Å². The number of hydrogen-bond donors (Lipinski definition) is 1. The van der Waals surface area contributed by atoms with Crippen LogP contribution in [0.15, 0.2) is 36.4 Å². The second kappa shape index (κ2) is 7.74. The lowest BCUT2D eigenvalue weighted by Gasteiger charge is -2.09. The zero-order valence-electron chi connectivity index (χ0n) is 13.0. The normalized spacial score (nSPS) is 10.9.